The summed E-state index contributed by atoms with van der Waals surface area (Å²) in [5, 5.41) is 14.2. The van der Waals surface area contributed by atoms with Crippen molar-refractivity contribution in [1.29, 1.82) is 0 Å². The maximum absolute atomic E-state index is 6.44. The third-order valence-corrected chi connectivity index (χ3v) is 16.8. The average molecular weight is 1040 g/mol. The van der Waals surface area contributed by atoms with Crippen molar-refractivity contribution in [3.05, 3.63) is 260 Å². The zero-order chi connectivity index (χ0) is 52.6. The Labute approximate surface area is 464 Å². The molecular weight excluding hydrogens is 994 g/mol. The summed E-state index contributed by atoms with van der Waals surface area (Å²) < 4.78 is 2.32. The van der Waals surface area contributed by atoms with Crippen LogP contribution in [0, 0.1) is 0 Å². The smallest absolute Gasteiger partial charge is 0.235 e. The molecule has 80 heavy (non-hydrogen) atoms. The molecule has 1 aliphatic rings. The van der Waals surface area contributed by atoms with Gasteiger partial charge in [-0.1, -0.05) is 212 Å². The lowest BCUT2D eigenvalue weighted by atomic mass is 9.88. The fourth-order valence-electron chi connectivity index (χ4n) is 12.9. The van der Waals surface area contributed by atoms with Gasteiger partial charge in [0.1, 0.15) is 0 Å². The molecule has 0 atom stereocenters. The zero-order valence-corrected chi connectivity index (χ0v) is 43.6. The van der Waals surface area contributed by atoms with Crippen LogP contribution in [0.3, 0.4) is 0 Å². The monoisotopic (exact) mass is 1040 g/mol. The van der Waals surface area contributed by atoms with E-state index in [9.17, 15) is 0 Å². The van der Waals surface area contributed by atoms with E-state index in [1.807, 2.05) is 24.3 Å². The number of rotatable bonds is 6. The molecule has 0 radical (unpaired) electrons. The molecule has 3 aromatic heterocycles. The second-order valence-corrected chi connectivity index (χ2v) is 21.4. The summed E-state index contributed by atoms with van der Waals surface area (Å²) in [5.41, 5.74) is 19.5. The Bertz CT molecular complexity index is 5310. The molecule has 5 nitrogen and oxygen atoms in total. The maximum atomic E-state index is 6.44. The standard InChI is InChI=1S/C74H42ClN5/c75-73-76-64-22-9-7-19-58(64)71(78-73)47-30-26-45(27-31-47)53-35-29-46-16-11-21-54(61(46)39-53)57-36-37-60-68-63-40-50-14-3-4-15-51(50)41-66(63)80(67(68)42-62-55-17-5-6-18-56(55)69(57)70(60)62)74-77-65-23-10-8-20-59(65)72(79-74)48-32-24-44(25-33-48)52-34-28-43-12-1-2-13-49(43)38-52/h1-42H. The van der Waals surface area contributed by atoms with Crippen molar-refractivity contribution in [3.63, 3.8) is 0 Å². The summed E-state index contributed by atoms with van der Waals surface area (Å²) in [5.74, 6) is 0.635. The molecule has 1 aliphatic carbocycles. The van der Waals surface area contributed by atoms with E-state index in [1.165, 1.54) is 82.0 Å². The van der Waals surface area contributed by atoms with Crippen molar-refractivity contribution < 1.29 is 0 Å². The molecule has 0 unspecified atom stereocenters. The molecule has 0 amide bonds. The molecule has 13 aromatic carbocycles. The molecule has 0 aliphatic heterocycles. The molecule has 0 saturated carbocycles. The van der Waals surface area contributed by atoms with Crippen molar-refractivity contribution >= 4 is 98.3 Å². The normalized spacial score (nSPS) is 12.1. The van der Waals surface area contributed by atoms with Crippen LogP contribution in [0.25, 0.3) is 171 Å². The number of hydrogen-bond acceptors (Lipinski definition) is 4. The van der Waals surface area contributed by atoms with Gasteiger partial charge in [0.05, 0.1) is 33.5 Å². The molecule has 0 spiro atoms. The van der Waals surface area contributed by atoms with Gasteiger partial charge in [0.25, 0.3) is 0 Å². The van der Waals surface area contributed by atoms with Crippen molar-refractivity contribution in [2.75, 3.05) is 0 Å². The highest BCUT2D eigenvalue weighted by molar-refractivity contribution is 6.32. The van der Waals surface area contributed by atoms with Crippen LogP contribution < -0.4 is 0 Å². The van der Waals surface area contributed by atoms with Crippen molar-refractivity contribution in [3.8, 4) is 84.1 Å². The van der Waals surface area contributed by atoms with E-state index in [1.54, 1.807) is 0 Å². The second-order valence-electron chi connectivity index (χ2n) is 21.0. The van der Waals surface area contributed by atoms with Gasteiger partial charge in [-0.3, -0.25) is 4.57 Å². The summed E-state index contributed by atoms with van der Waals surface area (Å²) in [6.45, 7) is 0. The van der Waals surface area contributed by atoms with Crippen LogP contribution in [0.1, 0.15) is 0 Å². The van der Waals surface area contributed by atoms with Gasteiger partial charge < -0.3 is 0 Å². The number of halogens is 1. The largest absolute Gasteiger partial charge is 0.278 e. The Hall–Kier alpha value is -10.3. The predicted molar refractivity (Wildman–Crippen MR) is 334 cm³/mol. The molecule has 0 bridgehead atoms. The maximum Gasteiger partial charge on any atom is 0.235 e. The van der Waals surface area contributed by atoms with Gasteiger partial charge in [-0.25, -0.2) is 19.9 Å². The Morgan fingerprint density at radius 3 is 1.56 bits per heavy atom. The zero-order valence-electron chi connectivity index (χ0n) is 42.9. The third-order valence-electron chi connectivity index (χ3n) is 16.7. The number of para-hydroxylation sites is 2. The van der Waals surface area contributed by atoms with E-state index in [0.29, 0.717) is 5.95 Å². The lowest BCUT2D eigenvalue weighted by molar-refractivity contribution is 1.01. The first-order valence-electron chi connectivity index (χ1n) is 27.0. The van der Waals surface area contributed by atoms with Crippen LogP contribution in [-0.4, -0.2) is 24.5 Å². The molecular formula is C74H42ClN5. The van der Waals surface area contributed by atoms with E-state index in [2.05, 4.69) is 245 Å². The second kappa shape index (κ2) is 17.3. The van der Waals surface area contributed by atoms with Crippen LogP contribution in [0.2, 0.25) is 5.28 Å². The minimum Gasteiger partial charge on any atom is -0.278 e. The lowest BCUT2D eigenvalue weighted by Gasteiger charge is -2.15. The van der Waals surface area contributed by atoms with Gasteiger partial charge in [0, 0.05) is 32.7 Å². The van der Waals surface area contributed by atoms with Gasteiger partial charge >= 0.3 is 0 Å². The first-order chi connectivity index (χ1) is 39.5. The van der Waals surface area contributed by atoms with E-state index in [4.69, 9.17) is 21.6 Å². The van der Waals surface area contributed by atoms with Gasteiger partial charge in [-0.15, -0.1) is 0 Å². The van der Waals surface area contributed by atoms with Gasteiger partial charge in [0.15, 0.2) is 0 Å². The minimum atomic E-state index is 0.238. The molecule has 17 rings (SSSR count). The molecule has 370 valence electrons. The fourth-order valence-corrected chi connectivity index (χ4v) is 13.1. The molecule has 0 fully saturated rings. The highest BCUT2D eigenvalue weighted by atomic mass is 35.5. The Balaban J connectivity index is 0.852. The van der Waals surface area contributed by atoms with Gasteiger partial charge in [0.2, 0.25) is 11.2 Å². The topological polar surface area (TPSA) is 56.5 Å². The first kappa shape index (κ1) is 44.8. The number of fused-ring (bicyclic) bond motifs is 12. The van der Waals surface area contributed by atoms with E-state index >= 15 is 0 Å². The molecule has 3 heterocycles. The summed E-state index contributed by atoms with van der Waals surface area (Å²) in [7, 11) is 0. The first-order valence-corrected chi connectivity index (χ1v) is 27.4. The van der Waals surface area contributed by atoms with E-state index in [-0.39, 0.29) is 5.28 Å². The Kier molecular flexibility index (Phi) is 9.70. The Morgan fingerprint density at radius 2 is 0.825 bits per heavy atom. The highest BCUT2D eigenvalue weighted by Crippen LogP contribution is 2.55. The highest BCUT2D eigenvalue weighted by Gasteiger charge is 2.29. The summed E-state index contributed by atoms with van der Waals surface area (Å²) in [4.78, 5) is 20.2. The number of aromatic nitrogens is 5. The summed E-state index contributed by atoms with van der Waals surface area (Å²) in [6.07, 6.45) is 0. The minimum absolute atomic E-state index is 0.238. The van der Waals surface area contributed by atoms with Crippen molar-refractivity contribution in [2.45, 2.75) is 0 Å². The van der Waals surface area contributed by atoms with Crippen LogP contribution in [-0.2, 0) is 0 Å². The summed E-state index contributed by atoms with van der Waals surface area (Å²) in [6, 6.07) is 92.1. The number of hydrogen-bond donors (Lipinski definition) is 0. The van der Waals surface area contributed by atoms with Gasteiger partial charge in [-0.2, -0.15) is 0 Å². The Morgan fingerprint density at radius 1 is 0.275 bits per heavy atom. The molecule has 6 heteroatoms. The average Bonchev–Trinajstić information content (AvgIpc) is 4.21. The molecule has 0 N–H and O–H groups in total. The van der Waals surface area contributed by atoms with Crippen molar-refractivity contribution in [2.24, 2.45) is 0 Å². The van der Waals surface area contributed by atoms with Crippen LogP contribution in [0.4, 0.5) is 0 Å². The third kappa shape index (κ3) is 6.84. The van der Waals surface area contributed by atoms with Crippen LogP contribution in [0.5, 0.6) is 0 Å². The number of nitrogens with zero attached hydrogens (tertiary/aromatic N) is 5. The van der Waals surface area contributed by atoms with Crippen LogP contribution >= 0.6 is 11.6 Å². The van der Waals surface area contributed by atoms with E-state index in [0.717, 1.165) is 82.8 Å². The quantitative estimate of drug-likeness (QED) is 0.156. The van der Waals surface area contributed by atoms with Crippen molar-refractivity contribution in [1.82, 2.24) is 24.5 Å². The fraction of sp³-hybridized carbons (Fsp3) is 0. The predicted octanol–water partition coefficient (Wildman–Crippen LogP) is 19.9. The SMILES string of the molecule is Clc1nc(-c2ccc(-c3ccc4cccc(-c5ccc6c7c(cc8c6c6cc9ccccc9cc6n8-c6nc(-c8ccc(-c9ccc%10ccccc%10c9)cc8)c8ccccc8n6)-c6ccccc6-c57)c4c3)cc2)c2ccccc2n1. The number of benzene rings is 13. The van der Waals surface area contributed by atoms with Gasteiger partial charge in [-0.05, 0) is 153 Å². The van der Waals surface area contributed by atoms with Crippen LogP contribution in [0.15, 0.2) is 255 Å². The lowest BCUT2D eigenvalue weighted by Crippen LogP contribution is -2.03. The summed E-state index contributed by atoms with van der Waals surface area (Å²) >= 11 is 6.44. The molecule has 0 saturated heterocycles. The van der Waals surface area contributed by atoms with E-state index < -0.39 is 0 Å². The molecule has 16 aromatic rings.